The Bertz CT molecular complexity index is 2120. The first-order chi connectivity index (χ1) is 26.3. The Morgan fingerprint density at radius 3 is 1.40 bits per heavy atom. The molecule has 55 heavy (non-hydrogen) atoms. The summed E-state index contributed by atoms with van der Waals surface area (Å²) in [7, 11) is 3.20. The number of benzene rings is 2. The van der Waals surface area contributed by atoms with Crippen LogP contribution in [0.4, 0.5) is 0 Å². The highest BCUT2D eigenvalue weighted by Crippen LogP contribution is 2.31. The van der Waals surface area contributed by atoms with Gasteiger partial charge in [0.05, 0.1) is 73.0 Å². The summed E-state index contributed by atoms with van der Waals surface area (Å²) >= 11 is -3.28. The van der Waals surface area contributed by atoms with Crippen LogP contribution in [0.1, 0.15) is 47.5 Å². The van der Waals surface area contributed by atoms with Gasteiger partial charge in [0.1, 0.15) is 23.7 Å². The number of fused-ring (bicyclic) bond motifs is 2. The molecule has 0 aliphatic rings. The summed E-state index contributed by atoms with van der Waals surface area (Å²) in [5.41, 5.74) is 7.35. The number of imidazole rings is 2. The Balaban J connectivity index is 1.31. The van der Waals surface area contributed by atoms with Gasteiger partial charge in [-0.3, -0.25) is 19.1 Å². The van der Waals surface area contributed by atoms with Crippen molar-refractivity contribution in [2.75, 3.05) is 14.2 Å². The number of methoxy groups -OCH3 is 2. The highest BCUT2D eigenvalue weighted by molar-refractivity contribution is 7.90. The number of hydrogen-bond donors (Lipinski definition) is 2. The smallest absolute Gasteiger partial charge is 0.324 e. The Hall–Kier alpha value is -4.22. The van der Waals surface area contributed by atoms with Gasteiger partial charge >= 0.3 is 10.3 Å². The van der Waals surface area contributed by atoms with Crippen LogP contribution >= 0.6 is 0 Å². The molecule has 0 fully saturated rings. The molecule has 292 valence electrons. The van der Waals surface area contributed by atoms with Gasteiger partial charge in [-0.15, -0.1) is 0 Å². The van der Waals surface area contributed by atoms with E-state index in [1.807, 2.05) is 76.2 Å². The van der Waals surface area contributed by atoms with Crippen LogP contribution in [0.15, 0.2) is 71.2 Å². The van der Waals surface area contributed by atoms with Crippen molar-refractivity contribution in [3.8, 4) is 11.5 Å². The van der Waals surface area contributed by atoms with Gasteiger partial charge < -0.3 is 33.5 Å². The van der Waals surface area contributed by atoms with E-state index in [1.165, 1.54) is 0 Å². The van der Waals surface area contributed by atoms with Crippen LogP contribution in [0.25, 0.3) is 22.1 Å². The topological polar surface area (TPSA) is 176 Å². The van der Waals surface area contributed by atoms with Crippen molar-refractivity contribution in [2.24, 2.45) is 0 Å². The number of para-hydroxylation sites is 4. The third kappa shape index (κ3) is 8.48. The minimum Gasteiger partial charge on any atom is -0.609 e. The maximum absolute atomic E-state index is 14.1. The first kappa shape index (κ1) is 40.4. The Morgan fingerprint density at radius 2 is 1.04 bits per heavy atom. The number of hydrogen-bond acceptors (Lipinski definition) is 11. The molecule has 6 rings (SSSR count). The fourth-order valence-corrected chi connectivity index (χ4v) is 9.40. The van der Waals surface area contributed by atoms with E-state index < -0.39 is 46.8 Å². The average Bonchev–Trinajstić information content (AvgIpc) is 3.72. The zero-order valence-electron chi connectivity index (χ0n) is 32.3. The third-order valence-electron chi connectivity index (χ3n) is 9.83. The second-order valence-corrected chi connectivity index (χ2v) is 16.4. The average molecular weight is 789 g/mol. The van der Waals surface area contributed by atoms with Crippen molar-refractivity contribution in [2.45, 2.75) is 101 Å². The molecule has 2 aromatic carbocycles. The predicted molar refractivity (Wildman–Crippen MR) is 212 cm³/mol. The highest BCUT2D eigenvalue weighted by Gasteiger charge is 2.33. The van der Waals surface area contributed by atoms with E-state index in [2.05, 4.69) is 9.97 Å². The Morgan fingerprint density at radius 1 is 0.655 bits per heavy atom. The monoisotopic (exact) mass is 788 g/mol. The number of rotatable bonds is 16. The fraction of sp³-hybridized carbons (Fsp3) is 0.400. The van der Waals surface area contributed by atoms with Crippen LogP contribution in [-0.2, 0) is 51.7 Å². The second kappa shape index (κ2) is 17.3. The number of pyridine rings is 2. The molecule has 0 amide bonds. The lowest BCUT2D eigenvalue weighted by molar-refractivity contribution is -0.119. The van der Waals surface area contributed by atoms with Gasteiger partial charge in [0, 0.05) is 57.0 Å². The third-order valence-corrected chi connectivity index (χ3v) is 12.3. The normalized spacial score (nSPS) is 15.2. The summed E-state index contributed by atoms with van der Waals surface area (Å²) in [5, 5.41) is 22.9. The van der Waals surface area contributed by atoms with Gasteiger partial charge in [0.15, 0.2) is 11.5 Å². The van der Waals surface area contributed by atoms with Crippen molar-refractivity contribution in [1.29, 1.82) is 0 Å². The lowest BCUT2D eigenvalue weighted by Crippen LogP contribution is -2.41. The van der Waals surface area contributed by atoms with E-state index in [-0.39, 0.29) is 24.6 Å². The standard InChI is InChI=1S/C40H48N6O7S2/c1-23-17-41-31(25(3)37(23)51-7)21-54(49)39-43-29-13-9-11-15-33(29)45(39)19-35(27(5)47)53-36(28(6)48)20-46-34-16-12-10-14-30(34)44-40(46)55(50)22-32-26(4)38(52-8)24(2)18-42-32/h9-18,27-28,35-36,47-48H,19-22H2,1-8H3. The van der Waals surface area contributed by atoms with Gasteiger partial charge in [-0.05, 0) is 65.8 Å². The fourth-order valence-electron chi connectivity index (χ4n) is 6.82. The van der Waals surface area contributed by atoms with Gasteiger partial charge in [-0.1, -0.05) is 24.3 Å². The van der Waals surface area contributed by atoms with Crippen LogP contribution in [0.2, 0.25) is 0 Å². The highest BCUT2D eigenvalue weighted by atomic mass is 32.2. The lowest BCUT2D eigenvalue weighted by atomic mass is 10.1. The minimum absolute atomic E-state index is 0.0791. The van der Waals surface area contributed by atoms with Crippen molar-refractivity contribution in [3.63, 3.8) is 0 Å². The molecule has 0 saturated carbocycles. The van der Waals surface area contributed by atoms with Crippen LogP contribution < -0.4 is 9.47 Å². The molecule has 2 N–H and O–H groups in total. The van der Waals surface area contributed by atoms with Crippen molar-refractivity contribution in [1.82, 2.24) is 29.1 Å². The molecule has 6 atom stereocenters. The quantitative estimate of drug-likeness (QED) is 0.123. The van der Waals surface area contributed by atoms with E-state index >= 15 is 0 Å². The number of aromatic nitrogens is 6. The first-order valence-electron chi connectivity index (χ1n) is 18.0. The first-order valence-corrected chi connectivity index (χ1v) is 20.6. The second-order valence-electron chi connectivity index (χ2n) is 13.8. The molecule has 4 aromatic heterocycles. The number of aryl methyl sites for hydroxylation is 2. The molecule has 0 radical (unpaired) electrons. The molecule has 6 unspecified atom stereocenters. The molecule has 0 saturated heterocycles. The molecule has 4 heterocycles. The van der Waals surface area contributed by atoms with Crippen molar-refractivity contribution in [3.05, 3.63) is 94.6 Å². The maximum Gasteiger partial charge on any atom is 0.324 e. The zero-order valence-corrected chi connectivity index (χ0v) is 34.0. The summed E-state index contributed by atoms with van der Waals surface area (Å²) in [4.78, 5) is 18.6. The van der Waals surface area contributed by atoms with E-state index in [4.69, 9.17) is 24.2 Å². The minimum atomic E-state index is -1.64. The summed E-state index contributed by atoms with van der Waals surface area (Å²) in [6, 6.07) is 14.9. The number of ether oxygens (including phenoxy) is 3. The maximum atomic E-state index is 14.1. The van der Waals surface area contributed by atoms with Gasteiger partial charge in [-0.2, -0.15) is 9.97 Å². The van der Waals surface area contributed by atoms with E-state index in [0.717, 1.165) is 33.3 Å². The molecular weight excluding hydrogens is 741 g/mol. The molecule has 0 bridgehead atoms. The number of aliphatic hydroxyl groups excluding tert-OH is 2. The van der Waals surface area contributed by atoms with Crippen molar-refractivity contribution < 1.29 is 33.5 Å². The Kier molecular flexibility index (Phi) is 12.7. The van der Waals surface area contributed by atoms with E-state index in [0.29, 0.717) is 44.2 Å². The summed E-state index contributed by atoms with van der Waals surface area (Å²) in [6.45, 7) is 11.0. The molecule has 0 aliphatic heterocycles. The molecule has 15 heteroatoms. The van der Waals surface area contributed by atoms with Gasteiger partial charge in [0.25, 0.3) is 0 Å². The van der Waals surface area contributed by atoms with Crippen LogP contribution in [0.3, 0.4) is 0 Å². The van der Waals surface area contributed by atoms with E-state index in [9.17, 15) is 19.3 Å². The van der Waals surface area contributed by atoms with Crippen LogP contribution in [-0.4, -0.2) is 87.0 Å². The van der Waals surface area contributed by atoms with E-state index in [1.54, 1.807) is 49.6 Å². The summed E-state index contributed by atoms with van der Waals surface area (Å²) in [5.74, 6) is 1.59. The SMILES string of the molecule is COc1c(C)cnc(C[S+]([O-])c2nc3ccccc3n2CC(OC(Cn2c([S+]([O-])Cc3ncc(C)c(OC)c3C)nc3ccccc32)C(C)O)C(C)O)c1C. The largest absolute Gasteiger partial charge is 0.609 e. The number of nitrogens with zero attached hydrogens (tertiary/aromatic N) is 6. The molecular formula is C40H48N6O7S2. The molecule has 0 aliphatic carbocycles. The van der Waals surface area contributed by atoms with Gasteiger partial charge in [-0.25, -0.2) is 0 Å². The predicted octanol–water partition coefficient (Wildman–Crippen LogP) is 5.26. The van der Waals surface area contributed by atoms with Gasteiger partial charge in [0.2, 0.25) is 0 Å². The molecule has 13 nitrogen and oxygen atoms in total. The van der Waals surface area contributed by atoms with Crippen LogP contribution in [0.5, 0.6) is 11.5 Å². The lowest BCUT2D eigenvalue weighted by Gasteiger charge is -2.30. The van der Waals surface area contributed by atoms with Crippen molar-refractivity contribution >= 4 is 44.4 Å². The summed E-state index contributed by atoms with van der Waals surface area (Å²) < 4.78 is 49.6. The molecule has 6 aromatic rings. The zero-order chi connectivity index (χ0) is 39.6. The Labute approximate surface area is 327 Å². The summed E-state index contributed by atoms with van der Waals surface area (Å²) in [6.07, 6.45) is -0.348. The molecule has 0 spiro atoms. The number of aliphatic hydroxyl groups is 2. The van der Waals surface area contributed by atoms with Crippen LogP contribution in [0, 0.1) is 27.7 Å².